The van der Waals surface area contributed by atoms with Gasteiger partial charge in [0.05, 0.1) is 31.6 Å². The van der Waals surface area contributed by atoms with E-state index in [-0.39, 0.29) is 24.4 Å². The average Bonchev–Trinajstić information content (AvgIpc) is 3.54. The lowest BCUT2D eigenvalue weighted by Gasteiger charge is -2.21. The summed E-state index contributed by atoms with van der Waals surface area (Å²) in [6.07, 6.45) is 5.34. The van der Waals surface area contributed by atoms with E-state index in [4.69, 9.17) is 14.2 Å². The highest BCUT2D eigenvalue weighted by atomic mass is 16.5. The van der Waals surface area contributed by atoms with E-state index in [1.165, 1.54) is 10.6 Å². The highest BCUT2D eigenvalue weighted by molar-refractivity contribution is 5.93. The second-order valence-corrected chi connectivity index (χ2v) is 9.28. The molecular formula is C25H32N4O6. The average molecular weight is 485 g/mol. The summed E-state index contributed by atoms with van der Waals surface area (Å²) in [7, 11) is 1.55. The van der Waals surface area contributed by atoms with E-state index in [0.29, 0.717) is 36.1 Å². The van der Waals surface area contributed by atoms with Gasteiger partial charge in [0.25, 0.3) is 0 Å². The van der Waals surface area contributed by atoms with Gasteiger partial charge in [0, 0.05) is 31.4 Å². The normalized spacial score (nSPS) is 16.7. The fraction of sp³-hybridized carbons (Fsp3) is 0.440. The van der Waals surface area contributed by atoms with E-state index >= 15 is 0 Å². The van der Waals surface area contributed by atoms with Gasteiger partial charge >= 0.3 is 0 Å². The van der Waals surface area contributed by atoms with Crippen LogP contribution in [0.1, 0.15) is 39.2 Å². The number of aliphatic hydroxyl groups is 1. The number of anilines is 1. The van der Waals surface area contributed by atoms with Crippen LogP contribution in [0.25, 0.3) is 0 Å². The Morgan fingerprint density at radius 3 is 2.77 bits per heavy atom. The molecule has 1 saturated heterocycles. The maximum Gasteiger partial charge on any atom is 0.248 e. The van der Waals surface area contributed by atoms with Crippen molar-refractivity contribution in [2.24, 2.45) is 0 Å². The molecule has 4 rings (SSSR count). The first-order chi connectivity index (χ1) is 16.7. The van der Waals surface area contributed by atoms with Crippen LogP contribution in [-0.2, 0) is 16.1 Å². The van der Waals surface area contributed by atoms with Gasteiger partial charge in [-0.05, 0) is 38.8 Å². The maximum atomic E-state index is 13.4. The largest absolute Gasteiger partial charge is 0.494 e. The van der Waals surface area contributed by atoms with E-state index in [9.17, 15) is 15.0 Å². The number of rotatable bonds is 10. The predicted molar refractivity (Wildman–Crippen MR) is 129 cm³/mol. The molecule has 1 aliphatic rings. The van der Waals surface area contributed by atoms with Crippen LogP contribution in [0.3, 0.4) is 0 Å². The molecule has 0 radical (unpaired) electrons. The van der Waals surface area contributed by atoms with Crippen LogP contribution in [0.15, 0.2) is 48.8 Å². The number of methoxy groups -OCH3 is 1. The molecule has 1 fully saturated rings. The molecule has 35 heavy (non-hydrogen) atoms. The lowest BCUT2D eigenvalue weighted by Crippen LogP contribution is -2.29. The number of aromatic nitrogens is 3. The van der Waals surface area contributed by atoms with E-state index in [2.05, 4.69) is 10.4 Å². The third kappa shape index (κ3) is 6.34. The molecule has 10 nitrogen and oxygen atoms in total. The smallest absolute Gasteiger partial charge is 0.248 e. The number of hydrogen-bond donors (Lipinski definition) is 3. The molecule has 1 aromatic carbocycles. The van der Waals surface area contributed by atoms with Crippen molar-refractivity contribution in [1.82, 2.24) is 14.3 Å². The Morgan fingerprint density at radius 2 is 2.09 bits per heavy atom. The number of hydrogen-bond acceptors (Lipinski definition) is 7. The standard InChI is InChI=1S/C25H32N4O6/c1-25(2,32)16-28-11-10-22(27-28)26-24(31)19(13-17-7-6-12-34-17)29-15-18(14-23(29)30)35-21-9-5-4-8-20(21)33-3/h4-5,8-11,14-15,17,19,30,32H,6-7,12-13,16H2,1-3H3,(H,26,27,31)/t17?,19-/m0/s1. The number of nitrogens with zero attached hydrogens (tertiary/aromatic N) is 3. The third-order valence-electron chi connectivity index (χ3n) is 5.69. The Kier molecular flexibility index (Phi) is 7.32. The second kappa shape index (κ2) is 10.4. The van der Waals surface area contributed by atoms with Gasteiger partial charge in [-0.1, -0.05) is 12.1 Å². The molecule has 3 aromatic rings. The number of benzene rings is 1. The number of nitrogens with one attached hydrogen (secondary N) is 1. The van der Waals surface area contributed by atoms with Gasteiger partial charge in [0.2, 0.25) is 5.91 Å². The van der Waals surface area contributed by atoms with Crippen molar-refractivity contribution in [2.45, 2.75) is 57.4 Å². The first-order valence-corrected chi connectivity index (χ1v) is 11.6. The number of aromatic hydroxyl groups is 1. The van der Waals surface area contributed by atoms with Crippen LogP contribution < -0.4 is 14.8 Å². The topological polar surface area (TPSA) is 120 Å². The zero-order valence-electron chi connectivity index (χ0n) is 20.2. The van der Waals surface area contributed by atoms with Crippen molar-refractivity contribution in [3.63, 3.8) is 0 Å². The summed E-state index contributed by atoms with van der Waals surface area (Å²) in [4.78, 5) is 13.4. The van der Waals surface area contributed by atoms with Crippen molar-refractivity contribution < 1.29 is 29.2 Å². The van der Waals surface area contributed by atoms with Crippen LogP contribution in [0.4, 0.5) is 5.82 Å². The fourth-order valence-electron chi connectivity index (χ4n) is 4.13. The number of ether oxygens (including phenoxy) is 3. The van der Waals surface area contributed by atoms with Gasteiger partial charge < -0.3 is 34.3 Å². The quantitative estimate of drug-likeness (QED) is 0.401. The summed E-state index contributed by atoms with van der Waals surface area (Å²) >= 11 is 0. The first-order valence-electron chi connectivity index (χ1n) is 11.6. The van der Waals surface area contributed by atoms with E-state index in [1.54, 1.807) is 56.2 Å². The lowest BCUT2D eigenvalue weighted by molar-refractivity contribution is -0.120. The first kappa shape index (κ1) is 24.6. The zero-order valence-corrected chi connectivity index (χ0v) is 20.2. The van der Waals surface area contributed by atoms with Gasteiger partial charge in [-0.15, -0.1) is 0 Å². The van der Waals surface area contributed by atoms with Crippen molar-refractivity contribution in [1.29, 1.82) is 0 Å². The highest BCUT2D eigenvalue weighted by Gasteiger charge is 2.30. The third-order valence-corrected chi connectivity index (χ3v) is 5.69. The SMILES string of the molecule is COc1ccccc1Oc1cc(O)n([C@@H](CC2CCCO2)C(=O)Nc2ccn(CC(C)(C)O)n2)c1. The van der Waals surface area contributed by atoms with Crippen LogP contribution in [0, 0.1) is 0 Å². The van der Waals surface area contributed by atoms with Gasteiger partial charge in [0.1, 0.15) is 11.8 Å². The molecule has 1 amide bonds. The molecular weight excluding hydrogens is 452 g/mol. The highest BCUT2D eigenvalue weighted by Crippen LogP contribution is 2.36. The van der Waals surface area contributed by atoms with Crippen LogP contribution in [-0.4, -0.2) is 55.9 Å². The maximum absolute atomic E-state index is 13.4. The molecule has 0 bridgehead atoms. The molecule has 0 saturated carbocycles. The van der Waals surface area contributed by atoms with Crippen LogP contribution >= 0.6 is 0 Å². The van der Waals surface area contributed by atoms with E-state index in [0.717, 1.165) is 12.8 Å². The fourth-order valence-corrected chi connectivity index (χ4v) is 4.13. The molecule has 0 aliphatic carbocycles. The minimum atomic E-state index is -0.940. The Bertz CT molecular complexity index is 1140. The molecule has 188 valence electrons. The monoisotopic (exact) mass is 484 g/mol. The molecule has 10 heteroatoms. The van der Waals surface area contributed by atoms with Crippen LogP contribution in [0.5, 0.6) is 23.1 Å². The number of carbonyl (C=O) groups is 1. The van der Waals surface area contributed by atoms with Gasteiger partial charge in [0.15, 0.2) is 23.2 Å². The summed E-state index contributed by atoms with van der Waals surface area (Å²) in [5, 5.41) is 27.9. The second-order valence-electron chi connectivity index (χ2n) is 9.28. The van der Waals surface area contributed by atoms with E-state index < -0.39 is 11.6 Å². The molecule has 3 N–H and O–H groups in total. The van der Waals surface area contributed by atoms with Crippen molar-refractivity contribution >= 4 is 11.7 Å². The Balaban J connectivity index is 1.55. The number of carbonyl (C=O) groups excluding carboxylic acids is 1. The molecule has 1 unspecified atom stereocenters. The summed E-state index contributed by atoms with van der Waals surface area (Å²) < 4.78 is 20.1. The van der Waals surface area contributed by atoms with Gasteiger partial charge in [-0.25, -0.2) is 0 Å². The molecule has 2 aromatic heterocycles. The summed E-state index contributed by atoms with van der Waals surface area (Å²) in [6, 6.07) is 9.55. The molecule has 3 heterocycles. The molecule has 2 atom stereocenters. The zero-order chi connectivity index (χ0) is 25.0. The van der Waals surface area contributed by atoms with Gasteiger partial charge in [-0.2, -0.15) is 5.10 Å². The Hall–Kier alpha value is -3.50. The van der Waals surface area contributed by atoms with Crippen molar-refractivity contribution in [2.75, 3.05) is 19.0 Å². The van der Waals surface area contributed by atoms with Crippen LogP contribution in [0.2, 0.25) is 0 Å². The number of para-hydroxylation sites is 2. The Labute approximate surface area is 204 Å². The lowest BCUT2D eigenvalue weighted by atomic mass is 10.1. The van der Waals surface area contributed by atoms with E-state index in [1.807, 2.05) is 12.1 Å². The summed E-state index contributed by atoms with van der Waals surface area (Å²) in [6.45, 7) is 4.30. The number of amides is 1. The molecule has 1 aliphatic heterocycles. The van der Waals surface area contributed by atoms with Crippen molar-refractivity contribution in [3.8, 4) is 23.1 Å². The predicted octanol–water partition coefficient (Wildman–Crippen LogP) is 3.71. The van der Waals surface area contributed by atoms with Gasteiger partial charge in [-0.3, -0.25) is 9.48 Å². The molecule has 0 spiro atoms. The minimum absolute atomic E-state index is 0.0983. The summed E-state index contributed by atoms with van der Waals surface area (Å²) in [5.74, 6) is 1.31. The minimum Gasteiger partial charge on any atom is -0.494 e. The Morgan fingerprint density at radius 1 is 1.31 bits per heavy atom. The summed E-state index contributed by atoms with van der Waals surface area (Å²) in [5.41, 5.74) is -0.940. The van der Waals surface area contributed by atoms with Crippen molar-refractivity contribution in [3.05, 3.63) is 48.8 Å².